The molecular weight excluding hydrogens is 282 g/mol. The van der Waals surface area contributed by atoms with Crippen molar-refractivity contribution < 1.29 is 14.7 Å². The van der Waals surface area contributed by atoms with Crippen LogP contribution < -0.4 is 5.32 Å². The molecule has 0 saturated carbocycles. The molecule has 22 heavy (non-hydrogen) atoms. The molecule has 0 radical (unpaired) electrons. The fourth-order valence-corrected chi connectivity index (χ4v) is 2.19. The summed E-state index contributed by atoms with van der Waals surface area (Å²) >= 11 is 0. The zero-order valence-corrected chi connectivity index (χ0v) is 14.3. The van der Waals surface area contributed by atoms with Gasteiger partial charge in [-0.1, -0.05) is 34.6 Å². The Bertz CT molecular complexity index is 541. The molecule has 1 amide bonds. The Hall–Kier alpha value is -1.85. The Morgan fingerprint density at radius 2 is 1.95 bits per heavy atom. The van der Waals surface area contributed by atoms with Crippen molar-refractivity contribution in [2.45, 2.75) is 46.5 Å². The van der Waals surface area contributed by atoms with E-state index in [-0.39, 0.29) is 23.8 Å². The van der Waals surface area contributed by atoms with Gasteiger partial charge in [-0.2, -0.15) is 5.10 Å². The lowest BCUT2D eigenvalue weighted by atomic mass is 9.92. The van der Waals surface area contributed by atoms with Crippen molar-refractivity contribution in [3.8, 4) is 0 Å². The third-order valence-electron chi connectivity index (χ3n) is 3.50. The van der Waals surface area contributed by atoms with Crippen molar-refractivity contribution in [2.24, 2.45) is 18.9 Å². The van der Waals surface area contributed by atoms with Gasteiger partial charge in [0.25, 0.3) is 5.91 Å². The summed E-state index contributed by atoms with van der Waals surface area (Å²) in [4.78, 5) is 23.5. The lowest BCUT2D eigenvalue weighted by Crippen LogP contribution is -2.34. The molecule has 0 aliphatic rings. The number of aliphatic carboxylic acids is 1. The highest BCUT2D eigenvalue weighted by atomic mass is 16.4. The van der Waals surface area contributed by atoms with E-state index in [1.165, 1.54) is 4.68 Å². The zero-order valence-electron chi connectivity index (χ0n) is 14.3. The summed E-state index contributed by atoms with van der Waals surface area (Å²) in [5.74, 6) is -1.48. The molecule has 1 unspecified atom stereocenters. The normalized spacial score (nSPS) is 13.2. The van der Waals surface area contributed by atoms with Crippen molar-refractivity contribution in [3.63, 3.8) is 0 Å². The first-order valence-corrected chi connectivity index (χ1v) is 7.58. The number of nitrogens with one attached hydrogen (secondary N) is 1. The molecule has 0 spiro atoms. The van der Waals surface area contributed by atoms with E-state index in [0.717, 1.165) is 5.69 Å². The van der Waals surface area contributed by atoms with Gasteiger partial charge in [0, 0.05) is 19.0 Å². The molecule has 0 aliphatic heterocycles. The standard InChI is InChI=1S/C16H27N3O3/c1-10(2)7-11(15(21)22)9-17-14(20)12-8-13(16(3,4)5)18-19(12)6/h8,10-11H,7,9H2,1-6H3,(H,17,20)(H,21,22). The largest absolute Gasteiger partial charge is 0.481 e. The lowest BCUT2D eigenvalue weighted by molar-refractivity contribution is -0.142. The van der Waals surface area contributed by atoms with Crippen molar-refractivity contribution in [1.29, 1.82) is 0 Å². The number of carboxylic acids is 1. The molecule has 0 aliphatic carbocycles. The van der Waals surface area contributed by atoms with Crippen LogP contribution in [0.15, 0.2) is 6.07 Å². The summed E-state index contributed by atoms with van der Waals surface area (Å²) in [6, 6.07) is 1.76. The Balaban J connectivity index is 2.77. The van der Waals surface area contributed by atoms with E-state index in [4.69, 9.17) is 0 Å². The van der Waals surface area contributed by atoms with Crippen LogP contribution in [0.5, 0.6) is 0 Å². The summed E-state index contributed by atoms with van der Waals surface area (Å²) in [6.07, 6.45) is 0.536. The van der Waals surface area contributed by atoms with Crippen LogP contribution in [0, 0.1) is 11.8 Å². The lowest BCUT2D eigenvalue weighted by Gasteiger charge is -2.15. The maximum absolute atomic E-state index is 12.3. The Labute approximate surface area is 131 Å². The van der Waals surface area contributed by atoms with Gasteiger partial charge in [-0.05, 0) is 18.4 Å². The molecular formula is C16H27N3O3. The number of carbonyl (C=O) groups is 2. The third-order valence-corrected chi connectivity index (χ3v) is 3.50. The smallest absolute Gasteiger partial charge is 0.308 e. The van der Waals surface area contributed by atoms with Crippen LogP contribution in [0.4, 0.5) is 0 Å². The van der Waals surface area contributed by atoms with Gasteiger partial charge < -0.3 is 10.4 Å². The first kappa shape index (κ1) is 18.2. The predicted octanol–water partition coefficient (Wildman–Crippen LogP) is 2.19. The van der Waals surface area contributed by atoms with Crippen LogP contribution in [0.1, 0.15) is 57.2 Å². The second-order valence-corrected chi connectivity index (χ2v) is 7.16. The van der Waals surface area contributed by atoms with Gasteiger partial charge in [-0.3, -0.25) is 14.3 Å². The summed E-state index contributed by atoms with van der Waals surface area (Å²) < 4.78 is 1.54. The van der Waals surface area contributed by atoms with Gasteiger partial charge in [0.15, 0.2) is 0 Å². The average Bonchev–Trinajstić information content (AvgIpc) is 2.75. The molecule has 0 bridgehead atoms. The van der Waals surface area contributed by atoms with Crippen molar-refractivity contribution in [1.82, 2.24) is 15.1 Å². The molecule has 1 aromatic rings. The zero-order chi connectivity index (χ0) is 17.1. The van der Waals surface area contributed by atoms with Crippen molar-refractivity contribution in [3.05, 3.63) is 17.5 Å². The van der Waals surface area contributed by atoms with E-state index in [0.29, 0.717) is 12.1 Å². The average molecular weight is 309 g/mol. The quantitative estimate of drug-likeness (QED) is 0.843. The molecule has 0 aromatic carbocycles. The molecule has 0 saturated heterocycles. The van der Waals surface area contributed by atoms with E-state index in [9.17, 15) is 14.7 Å². The minimum Gasteiger partial charge on any atom is -0.481 e. The number of amides is 1. The van der Waals surface area contributed by atoms with Crippen LogP contribution in [0.2, 0.25) is 0 Å². The number of aromatic nitrogens is 2. The summed E-state index contributed by atoms with van der Waals surface area (Å²) in [5.41, 5.74) is 1.13. The fourth-order valence-electron chi connectivity index (χ4n) is 2.19. The highest BCUT2D eigenvalue weighted by molar-refractivity contribution is 5.93. The Morgan fingerprint density at radius 1 is 1.36 bits per heavy atom. The monoisotopic (exact) mass is 309 g/mol. The number of nitrogens with zero attached hydrogens (tertiary/aromatic N) is 2. The Kier molecular flexibility index (Phi) is 5.74. The number of carboxylic acid groups (broad SMARTS) is 1. The second-order valence-electron chi connectivity index (χ2n) is 7.16. The summed E-state index contributed by atoms with van der Waals surface area (Å²) in [6.45, 7) is 10.1. The minimum absolute atomic E-state index is 0.127. The third kappa shape index (κ3) is 4.86. The fraction of sp³-hybridized carbons (Fsp3) is 0.688. The van der Waals surface area contributed by atoms with Crippen molar-refractivity contribution in [2.75, 3.05) is 6.54 Å². The van der Waals surface area contributed by atoms with Crippen LogP contribution in [-0.4, -0.2) is 33.3 Å². The van der Waals surface area contributed by atoms with E-state index < -0.39 is 11.9 Å². The van der Waals surface area contributed by atoms with E-state index in [1.807, 2.05) is 34.6 Å². The van der Waals surface area contributed by atoms with Crippen LogP contribution in [-0.2, 0) is 17.3 Å². The first-order chi connectivity index (χ1) is 10.0. The number of hydrogen-bond donors (Lipinski definition) is 2. The molecule has 1 aromatic heterocycles. The molecule has 1 atom stereocenters. The van der Waals surface area contributed by atoms with E-state index in [2.05, 4.69) is 10.4 Å². The first-order valence-electron chi connectivity index (χ1n) is 7.58. The maximum atomic E-state index is 12.3. The number of carbonyl (C=O) groups excluding carboxylic acids is 1. The van der Waals surface area contributed by atoms with Gasteiger partial charge in [0.1, 0.15) is 5.69 Å². The highest BCUT2D eigenvalue weighted by Gasteiger charge is 2.23. The Morgan fingerprint density at radius 3 is 2.36 bits per heavy atom. The SMILES string of the molecule is CC(C)CC(CNC(=O)c1cc(C(C)(C)C)nn1C)C(=O)O. The molecule has 6 heteroatoms. The molecule has 6 nitrogen and oxygen atoms in total. The number of rotatable bonds is 6. The van der Waals surface area contributed by atoms with Gasteiger partial charge in [-0.25, -0.2) is 0 Å². The van der Waals surface area contributed by atoms with E-state index in [1.54, 1.807) is 13.1 Å². The molecule has 2 N–H and O–H groups in total. The van der Waals surface area contributed by atoms with Gasteiger partial charge in [0.05, 0.1) is 11.6 Å². The number of hydrogen-bond acceptors (Lipinski definition) is 3. The highest BCUT2D eigenvalue weighted by Crippen LogP contribution is 2.21. The molecule has 124 valence electrons. The van der Waals surface area contributed by atoms with Gasteiger partial charge in [-0.15, -0.1) is 0 Å². The topological polar surface area (TPSA) is 84.2 Å². The van der Waals surface area contributed by atoms with Crippen LogP contribution in [0.25, 0.3) is 0 Å². The molecule has 1 heterocycles. The maximum Gasteiger partial charge on any atom is 0.308 e. The summed E-state index contributed by atoms with van der Waals surface area (Å²) in [7, 11) is 1.72. The second kappa shape index (κ2) is 6.94. The summed E-state index contributed by atoms with van der Waals surface area (Å²) in [5, 5.41) is 16.3. The van der Waals surface area contributed by atoms with Gasteiger partial charge in [0.2, 0.25) is 0 Å². The van der Waals surface area contributed by atoms with E-state index >= 15 is 0 Å². The van der Waals surface area contributed by atoms with Crippen molar-refractivity contribution >= 4 is 11.9 Å². The van der Waals surface area contributed by atoms with Crippen LogP contribution >= 0.6 is 0 Å². The number of aryl methyl sites for hydroxylation is 1. The molecule has 1 rings (SSSR count). The van der Waals surface area contributed by atoms with Gasteiger partial charge >= 0.3 is 5.97 Å². The minimum atomic E-state index is -0.880. The van der Waals surface area contributed by atoms with Crippen LogP contribution in [0.3, 0.4) is 0 Å². The molecule has 0 fully saturated rings. The predicted molar refractivity (Wildman–Crippen MR) is 84.8 cm³/mol.